The summed E-state index contributed by atoms with van der Waals surface area (Å²) in [6.45, 7) is 5.77. The van der Waals surface area contributed by atoms with Gasteiger partial charge in [0.2, 0.25) is 0 Å². The smallest absolute Gasteiger partial charge is 0.251 e. The lowest BCUT2D eigenvalue weighted by Crippen LogP contribution is -2.40. The first-order chi connectivity index (χ1) is 10.7. The summed E-state index contributed by atoms with van der Waals surface area (Å²) < 4.78 is 18.1. The molecule has 0 radical (unpaired) electrons. The molecule has 0 atom stereocenters. The summed E-state index contributed by atoms with van der Waals surface area (Å²) in [5.41, 5.74) is 10.9. The first-order valence-electron chi connectivity index (χ1n) is 7.10. The number of carbonyl (C=O) groups is 1. The van der Waals surface area contributed by atoms with Crippen LogP contribution >= 0.6 is 12.4 Å². The van der Waals surface area contributed by atoms with Crippen molar-refractivity contribution in [3.8, 4) is 5.75 Å². The Balaban J connectivity index is 0.00000529. The van der Waals surface area contributed by atoms with E-state index in [1.165, 1.54) is 0 Å². The number of ether oxygens (including phenoxy) is 1. The van der Waals surface area contributed by atoms with Gasteiger partial charge in [0, 0.05) is 16.7 Å². The Morgan fingerprint density at radius 2 is 1.88 bits per heavy atom. The van der Waals surface area contributed by atoms with E-state index < -0.39 is 0 Å². The molecular formula is C16H24ClFN4O2. The molecule has 0 aromatic heterocycles. The number of amides is 1. The van der Waals surface area contributed by atoms with Gasteiger partial charge in [-0.15, -0.1) is 12.4 Å². The monoisotopic (exact) mass is 358 g/mol. The third-order valence-corrected chi connectivity index (χ3v) is 2.65. The van der Waals surface area contributed by atoms with E-state index in [9.17, 15) is 9.18 Å². The van der Waals surface area contributed by atoms with E-state index in [0.29, 0.717) is 23.2 Å². The number of rotatable bonds is 6. The van der Waals surface area contributed by atoms with Gasteiger partial charge in [-0.3, -0.25) is 4.79 Å². The number of aliphatic imine (C=N–C) groups is 1. The summed E-state index contributed by atoms with van der Waals surface area (Å²) in [7, 11) is 0. The zero-order valence-corrected chi connectivity index (χ0v) is 14.8. The lowest BCUT2D eigenvalue weighted by molar-refractivity contribution is 0.0919. The van der Waals surface area contributed by atoms with Crippen molar-refractivity contribution < 1.29 is 13.9 Å². The first kappa shape index (κ1) is 21.7. The summed E-state index contributed by atoms with van der Waals surface area (Å²) >= 11 is 0. The van der Waals surface area contributed by atoms with Crippen molar-refractivity contribution in [3.05, 3.63) is 41.7 Å². The maximum Gasteiger partial charge on any atom is 0.251 e. The molecule has 1 aromatic carbocycles. The molecule has 0 heterocycles. The van der Waals surface area contributed by atoms with Crippen molar-refractivity contribution in [2.45, 2.75) is 26.3 Å². The third kappa shape index (κ3) is 8.38. The van der Waals surface area contributed by atoms with E-state index in [1.807, 2.05) is 20.8 Å². The average Bonchev–Trinajstić information content (AvgIpc) is 2.46. The second-order valence-electron chi connectivity index (χ2n) is 6.03. The van der Waals surface area contributed by atoms with Crippen LogP contribution in [0.25, 0.3) is 0 Å². The number of halogens is 2. The maximum atomic E-state index is 12.7. The minimum absolute atomic E-state index is 0. The number of nitrogens with zero attached hydrogens (tertiary/aromatic N) is 1. The Hall–Kier alpha value is -2.28. The van der Waals surface area contributed by atoms with Crippen LogP contribution in [0.4, 0.5) is 4.39 Å². The predicted octanol–water partition coefficient (Wildman–Crippen LogP) is 2.14. The van der Waals surface area contributed by atoms with Crippen molar-refractivity contribution in [3.63, 3.8) is 0 Å². The lowest BCUT2D eigenvalue weighted by Gasteiger charge is -2.20. The molecule has 6 nitrogen and oxygen atoms in total. The van der Waals surface area contributed by atoms with E-state index in [-0.39, 0.29) is 43.0 Å². The summed E-state index contributed by atoms with van der Waals surface area (Å²) in [6.07, 6.45) is 0.414. The SMILES string of the molecule is CC(C)(C)NC(=O)c1ccc(OC/C(=C\F)CN=C(N)N)cc1.Cl. The molecule has 0 saturated heterocycles. The number of carbonyl (C=O) groups excluding carboxylic acids is 1. The standard InChI is InChI=1S/C16H23FN4O2.ClH/c1-16(2,3)21-14(22)12-4-6-13(7-5-12)23-10-11(8-17)9-20-15(18)19;/h4-8H,9-10H2,1-3H3,(H,21,22)(H4,18,19,20);1H/b11-8-;. The van der Waals surface area contributed by atoms with Gasteiger partial charge >= 0.3 is 0 Å². The van der Waals surface area contributed by atoms with E-state index in [1.54, 1.807) is 24.3 Å². The fourth-order valence-electron chi connectivity index (χ4n) is 1.60. The predicted molar refractivity (Wildman–Crippen MR) is 96.3 cm³/mol. The quantitative estimate of drug-likeness (QED) is 0.535. The van der Waals surface area contributed by atoms with Crippen molar-refractivity contribution in [2.24, 2.45) is 16.5 Å². The number of guanidine groups is 1. The van der Waals surface area contributed by atoms with Gasteiger partial charge in [-0.05, 0) is 45.0 Å². The number of hydrogen-bond acceptors (Lipinski definition) is 3. The van der Waals surface area contributed by atoms with E-state index >= 15 is 0 Å². The summed E-state index contributed by atoms with van der Waals surface area (Å²) in [6, 6.07) is 6.58. The third-order valence-electron chi connectivity index (χ3n) is 2.65. The van der Waals surface area contributed by atoms with Crippen molar-refractivity contribution in [1.82, 2.24) is 5.32 Å². The van der Waals surface area contributed by atoms with Crippen LogP contribution in [-0.4, -0.2) is 30.6 Å². The lowest BCUT2D eigenvalue weighted by atomic mass is 10.1. The van der Waals surface area contributed by atoms with Crippen LogP contribution < -0.4 is 21.5 Å². The van der Waals surface area contributed by atoms with Gasteiger partial charge in [0.15, 0.2) is 5.96 Å². The number of nitrogens with two attached hydrogens (primary N) is 2. The van der Waals surface area contributed by atoms with Gasteiger partial charge in [-0.25, -0.2) is 9.38 Å². The van der Waals surface area contributed by atoms with Crippen LogP contribution in [0.2, 0.25) is 0 Å². The normalized spacial score (nSPS) is 11.2. The van der Waals surface area contributed by atoms with Crippen molar-refractivity contribution in [1.29, 1.82) is 0 Å². The highest BCUT2D eigenvalue weighted by Crippen LogP contribution is 2.14. The van der Waals surface area contributed by atoms with Gasteiger partial charge in [0.1, 0.15) is 12.4 Å². The highest BCUT2D eigenvalue weighted by atomic mass is 35.5. The Bertz CT molecular complexity index is 591. The maximum absolute atomic E-state index is 12.7. The zero-order valence-electron chi connectivity index (χ0n) is 14.0. The Kier molecular flexibility index (Phi) is 8.84. The molecule has 0 aliphatic rings. The Labute approximate surface area is 147 Å². The Morgan fingerprint density at radius 3 is 2.33 bits per heavy atom. The topological polar surface area (TPSA) is 103 Å². The van der Waals surface area contributed by atoms with Crippen LogP contribution in [0, 0.1) is 0 Å². The molecule has 0 spiro atoms. The van der Waals surface area contributed by atoms with E-state index in [2.05, 4.69) is 10.3 Å². The van der Waals surface area contributed by atoms with Crippen molar-refractivity contribution in [2.75, 3.05) is 13.2 Å². The second-order valence-corrected chi connectivity index (χ2v) is 6.03. The molecule has 0 saturated carbocycles. The molecule has 1 aromatic rings. The van der Waals surface area contributed by atoms with E-state index in [4.69, 9.17) is 16.2 Å². The van der Waals surface area contributed by atoms with Crippen LogP contribution in [0.3, 0.4) is 0 Å². The van der Waals surface area contributed by atoms with Crippen molar-refractivity contribution >= 4 is 24.3 Å². The van der Waals surface area contributed by atoms with Gasteiger partial charge in [-0.2, -0.15) is 0 Å². The highest BCUT2D eigenvalue weighted by molar-refractivity contribution is 5.94. The van der Waals surface area contributed by atoms with Crippen LogP contribution in [0.1, 0.15) is 31.1 Å². The van der Waals surface area contributed by atoms with Crippen LogP contribution in [0.5, 0.6) is 5.75 Å². The molecule has 24 heavy (non-hydrogen) atoms. The first-order valence-corrected chi connectivity index (χ1v) is 7.10. The molecule has 1 amide bonds. The molecule has 0 bridgehead atoms. The molecular weight excluding hydrogens is 335 g/mol. The molecule has 1 rings (SSSR count). The summed E-state index contributed by atoms with van der Waals surface area (Å²) in [5.74, 6) is 0.237. The van der Waals surface area contributed by atoms with Gasteiger partial charge in [-0.1, -0.05) is 0 Å². The second kappa shape index (κ2) is 9.77. The molecule has 8 heteroatoms. The zero-order chi connectivity index (χ0) is 17.5. The van der Waals surface area contributed by atoms with E-state index in [0.717, 1.165) is 0 Å². The van der Waals surface area contributed by atoms with Gasteiger partial charge in [0.05, 0.1) is 12.9 Å². The number of hydrogen-bond donors (Lipinski definition) is 3. The molecule has 0 aliphatic carbocycles. The van der Waals surface area contributed by atoms with Crippen LogP contribution in [-0.2, 0) is 0 Å². The minimum atomic E-state index is -0.307. The number of nitrogens with one attached hydrogen (secondary N) is 1. The summed E-state index contributed by atoms with van der Waals surface area (Å²) in [5, 5.41) is 2.86. The summed E-state index contributed by atoms with van der Waals surface area (Å²) in [4.78, 5) is 15.7. The molecule has 5 N–H and O–H groups in total. The average molecular weight is 359 g/mol. The molecule has 0 fully saturated rings. The minimum Gasteiger partial charge on any atom is -0.489 e. The number of benzene rings is 1. The highest BCUT2D eigenvalue weighted by Gasteiger charge is 2.15. The fraction of sp³-hybridized carbons (Fsp3) is 0.375. The fourth-order valence-corrected chi connectivity index (χ4v) is 1.60. The van der Waals surface area contributed by atoms with Crippen LogP contribution in [0.15, 0.2) is 41.2 Å². The molecule has 0 aliphatic heterocycles. The van der Waals surface area contributed by atoms with Gasteiger partial charge < -0.3 is 21.5 Å². The molecule has 0 unspecified atom stereocenters. The molecule has 134 valence electrons. The largest absolute Gasteiger partial charge is 0.489 e. The van der Waals surface area contributed by atoms with Gasteiger partial charge in [0.25, 0.3) is 5.91 Å². The Morgan fingerprint density at radius 1 is 1.29 bits per heavy atom.